The largest absolute Gasteiger partial charge is 0.398 e. The van der Waals surface area contributed by atoms with Crippen molar-refractivity contribution >= 4 is 33.3 Å². The first-order chi connectivity index (χ1) is 5.76. The second kappa shape index (κ2) is 3.16. The molecule has 1 aliphatic carbocycles. The summed E-state index contributed by atoms with van der Waals surface area (Å²) in [6.45, 7) is 0. The van der Waals surface area contributed by atoms with Gasteiger partial charge in [0.1, 0.15) is 0 Å². The lowest BCUT2D eigenvalue weighted by molar-refractivity contribution is 0.468. The SMILES string of the molecule is NC1=CC(Cl)(S(=O)(=O)O)CC=C1Cl. The minimum absolute atomic E-state index is 0.0422. The molecule has 0 heterocycles. The first kappa shape index (κ1) is 10.8. The molecule has 0 saturated heterocycles. The molecule has 7 heteroatoms. The molecule has 3 N–H and O–H groups in total. The molecular formula is C6H7Cl2NO3S. The fourth-order valence-corrected chi connectivity index (χ4v) is 1.78. The van der Waals surface area contributed by atoms with Crippen LogP contribution in [0.15, 0.2) is 22.9 Å². The molecule has 0 amide bonds. The van der Waals surface area contributed by atoms with Crippen LogP contribution in [0.5, 0.6) is 0 Å². The zero-order valence-electron chi connectivity index (χ0n) is 6.37. The summed E-state index contributed by atoms with van der Waals surface area (Å²) in [7, 11) is -4.38. The molecule has 4 nitrogen and oxygen atoms in total. The van der Waals surface area contributed by atoms with Crippen LogP contribution in [-0.2, 0) is 10.1 Å². The fraction of sp³-hybridized carbons (Fsp3) is 0.333. The monoisotopic (exact) mass is 243 g/mol. The van der Waals surface area contributed by atoms with E-state index in [1.807, 2.05) is 0 Å². The zero-order valence-corrected chi connectivity index (χ0v) is 8.70. The van der Waals surface area contributed by atoms with Gasteiger partial charge in [-0.3, -0.25) is 4.55 Å². The molecule has 0 spiro atoms. The van der Waals surface area contributed by atoms with E-state index in [2.05, 4.69) is 0 Å². The van der Waals surface area contributed by atoms with Crippen molar-refractivity contribution in [2.24, 2.45) is 5.73 Å². The maximum absolute atomic E-state index is 10.8. The van der Waals surface area contributed by atoms with Crippen LogP contribution in [0.1, 0.15) is 6.42 Å². The Kier molecular flexibility index (Phi) is 2.64. The number of hydrogen-bond acceptors (Lipinski definition) is 3. The highest BCUT2D eigenvalue weighted by Crippen LogP contribution is 2.35. The van der Waals surface area contributed by atoms with Crippen molar-refractivity contribution in [2.75, 3.05) is 0 Å². The van der Waals surface area contributed by atoms with E-state index in [1.165, 1.54) is 6.08 Å². The molecule has 0 aromatic carbocycles. The lowest BCUT2D eigenvalue weighted by Crippen LogP contribution is -2.32. The predicted molar refractivity (Wildman–Crippen MR) is 51.0 cm³/mol. The van der Waals surface area contributed by atoms with Crippen LogP contribution < -0.4 is 5.73 Å². The standard InChI is InChI=1S/C6H7Cl2NO3S/c7-4-1-2-6(8,3-5(4)9)13(10,11)12/h1,3H,2,9H2,(H,10,11,12). The maximum atomic E-state index is 10.8. The third-order valence-corrected chi connectivity index (χ3v) is 4.00. The number of nitrogens with two attached hydrogens (primary N) is 1. The van der Waals surface area contributed by atoms with Crippen molar-refractivity contribution in [3.05, 3.63) is 22.9 Å². The summed E-state index contributed by atoms with van der Waals surface area (Å²) in [6, 6.07) is 0. The molecule has 74 valence electrons. The highest BCUT2D eigenvalue weighted by Gasteiger charge is 2.40. The van der Waals surface area contributed by atoms with E-state index in [0.29, 0.717) is 0 Å². The van der Waals surface area contributed by atoms with Crippen LogP contribution in [0.25, 0.3) is 0 Å². The van der Waals surface area contributed by atoms with Crippen LogP contribution in [0.2, 0.25) is 0 Å². The van der Waals surface area contributed by atoms with Gasteiger partial charge in [-0.25, -0.2) is 0 Å². The molecule has 1 aliphatic rings. The van der Waals surface area contributed by atoms with Gasteiger partial charge >= 0.3 is 0 Å². The molecule has 0 aliphatic heterocycles. The Morgan fingerprint density at radius 1 is 1.62 bits per heavy atom. The van der Waals surface area contributed by atoms with Crippen LogP contribution >= 0.6 is 23.2 Å². The van der Waals surface area contributed by atoms with Gasteiger partial charge < -0.3 is 5.73 Å². The molecule has 1 atom stereocenters. The number of hydrogen-bond donors (Lipinski definition) is 2. The van der Waals surface area contributed by atoms with Gasteiger partial charge in [-0.2, -0.15) is 8.42 Å². The van der Waals surface area contributed by atoms with E-state index in [9.17, 15) is 8.42 Å². The molecule has 0 aromatic heterocycles. The number of allylic oxidation sites excluding steroid dienone is 2. The van der Waals surface area contributed by atoms with E-state index >= 15 is 0 Å². The van der Waals surface area contributed by atoms with E-state index in [1.54, 1.807) is 0 Å². The first-order valence-corrected chi connectivity index (χ1v) is 5.46. The van der Waals surface area contributed by atoms with Crippen molar-refractivity contribution in [1.29, 1.82) is 0 Å². The summed E-state index contributed by atoms with van der Waals surface area (Å²) in [4.78, 5) is 0. The van der Waals surface area contributed by atoms with Gasteiger partial charge in [0.05, 0.1) is 5.03 Å². The Hall–Kier alpha value is -0.230. The lowest BCUT2D eigenvalue weighted by Gasteiger charge is -2.22. The molecule has 0 bridgehead atoms. The van der Waals surface area contributed by atoms with Crippen LogP contribution in [0.4, 0.5) is 0 Å². The number of halogens is 2. The van der Waals surface area contributed by atoms with Crippen LogP contribution in [0, 0.1) is 0 Å². The Morgan fingerprint density at radius 3 is 2.54 bits per heavy atom. The minimum atomic E-state index is -4.38. The minimum Gasteiger partial charge on any atom is -0.398 e. The van der Waals surface area contributed by atoms with Gasteiger partial charge in [0.2, 0.25) is 0 Å². The smallest absolute Gasteiger partial charge is 0.289 e. The Bertz CT molecular complexity index is 387. The van der Waals surface area contributed by atoms with Gasteiger partial charge in [0.15, 0.2) is 4.21 Å². The number of alkyl halides is 1. The Labute approximate surface area is 85.8 Å². The second-order valence-electron chi connectivity index (χ2n) is 2.62. The van der Waals surface area contributed by atoms with Crippen LogP contribution in [0.3, 0.4) is 0 Å². The highest BCUT2D eigenvalue weighted by molar-refractivity contribution is 7.88. The summed E-state index contributed by atoms with van der Waals surface area (Å²) in [5, 5.41) is 0.236. The average Bonchev–Trinajstić information content (AvgIpc) is 1.95. The van der Waals surface area contributed by atoms with Gasteiger partial charge in [0.25, 0.3) is 10.1 Å². The van der Waals surface area contributed by atoms with Crippen molar-refractivity contribution in [3.63, 3.8) is 0 Å². The van der Waals surface area contributed by atoms with Crippen LogP contribution in [-0.4, -0.2) is 17.2 Å². The van der Waals surface area contributed by atoms with Gasteiger partial charge in [0, 0.05) is 12.1 Å². The van der Waals surface area contributed by atoms with Crippen molar-refractivity contribution < 1.29 is 13.0 Å². The van der Waals surface area contributed by atoms with E-state index in [4.69, 9.17) is 33.5 Å². The van der Waals surface area contributed by atoms with Gasteiger partial charge in [-0.05, 0) is 6.08 Å². The third kappa shape index (κ3) is 1.99. The quantitative estimate of drug-likeness (QED) is 0.536. The third-order valence-electron chi connectivity index (χ3n) is 1.64. The molecular weight excluding hydrogens is 237 g/mol. The van der Waals surface area contributed by atoms with E-state index < -0.39 is 14.3 Å². The van der Waals surface area contributed by atoms with Crippen molar-refractivity contribution in [1.82, 2.24) is 0 Å². The van der Waals surface area contributed by atoms with E-state index in [0.717, 1.165) is 6.08 Å². The highest BCUT2D eigenvalue weighted by atomic mass is 35.5. The summed E-state index contributed by atoms with van der Waals surface area (Å²) >= 11 is 11.2. The molecule has 0 saturated carbocycles. The summed E-state index contributed by atoms with van der Waals surface area (Å²) in [6.07, 6.45) is 2.26. The summed E-state index contributed by atoms with van der Waals surface area (Å²) < 4.78 is 28.5. The van der Waals surface area contributed by atoms with Crippen molar-refractivity contribution in [3.8, 4) is 0 Å². The van der Waals surface area contributed by atoms with Gasteiger partial charge in [-0.1, -0.05) is 29.3 Å². The normalized spacial score (nSPS) is 29.5. The fourth-order valence-electron chi connectivity index (χ4n) is 0.886. The van der Waals surface area contributed by atoms with E-state index in [-0.39, 0.29) is 17.2 Å². The first-order valence-electron chi connectivity index (χ1n) is 3.26. The molecule has 0 fully saturated rings. The molecule has 1 unspecified atom stereocenters. The lowest BCUT2D eigenvalue weighted by atomic mass is 10.1. The van der Waals surface area contributed by atoms with Gasteiger partial charge in [-0.15, -0.1) is 0 Å². The maximum Gasteiger partial charge on any atom is 0.289 e. The average molecular weight is 244 g/mol. The summed E-state index contributed by atoms with van der Waals surface area (Å²) in [5.74, 6) is 0. The molecule has 1 rings (SSSR count). The Balaban J connectivity index is 3.16. The molecule has 0 aromatic rings. The summed E-state index contributed by atoms with van der Waals surface area (Å²) in [5.41, 5.74) is 5.39. The Morgan fingerprint density at radius 2 is 2.15 bits per heavy atom. The number of rotatable bonds is 1. The van der Waals surface area contributed by atoms with Crippen molar-refractivity contribution in [2.45, 2.75) is 10.6 Å². The second-order valence-corrected chi connectivity index (χ2v) is 5.60. The topological polar surface area (TPSA) is 80.4 Å². The predicted octanol–water partition coefficient (Wildman–Crippen LogP) is 1.18. The molecule has 13 heavy (non-hydrogen) atoms. The zero-order chi connectivity index (χ0) is 10.3. The molecule has 0 radical (unpaired) electrons.